The molecule has 0 amide bonds. The smallest absolute Gasteiger partial charge is 0.0941 e. The molecular formula is C6H11BrClNO. The van der Waals surface area contributed by atoms with Crippen molar-refractivity contribution in [2.75, 3.05) is 19.7 Å². The topological polar surface area (TPSA) is 21.3 Å². The third kappa shape index (κ3) is 1.33. The van der Waals surface area contributed by atoms with E-state index in [9.17, 15) is 0 Å². The van der Waals surface area contributed by atoms with Crippen LogP contribution < -0.4 is 5.32 Å². The number of rotatable bonds is 0. The quantitative estimate of drug-likeness (QED) is 0.623. The maximum atomic E-state index is 5.58. The molecule has 2 nitrogen and oxygen atoms in total. The predicted molar refractivity (Wildman–Crippen MR) is 46.1 cm³/mol. The van der Waals surface area contributed by atoms with Crippen LogP contribution in [0, 0.1) is 0 Å². The van der Waals surface area contributed by atoms with E-state index >= 15 is 0 Å². The highest BCUT2D eigenvalue weighted by Crippen LogP contribution is 2.32. The zero-order valence-electron chi connectivity index (χ0n) is 5.60. The summed E-state index contributed by atoms with van der Waals surface area (Å²) in [6, 6.07) is 0. The van der Waals surface area contributed by atoms with Gasteiger partial charge in [-0.3, -0.25) is 0 Å². The van der Waals surface area contributed by atoms with Gasteiger partial charge in [-0.25, -0.2) is 0 Å². The second-order valence-electron chi connectivity index (χ2n) is 2.90. The van der Waals surface area contributed by atoms with Gasteiger partial charge in [0.25, 0.3) is 0 Å². The van der Waals surface area contributed by atoms with E-state index in [-0.39, 0.29) is 18.0 Å². The molecular weight excluding hydrogens is 217 g/mol. The van der Waals surface area contributed by atoms with Gasteiger partial charge in [0.1, 0.15) is 0 Å². The van der Waals surface area contributed by atoms with Crippen LogP contribution in [0.4, 0.5) is 0 Å². The minimum atomic E-state index is 0. The molecule has 10 heavy (non-hydrogen) atoms. The molecule has 0 aromatic heterocycles. The van der Waals surface area contributed by atoms with Gasteiger partial charge in [0.05, 0.1) is 12.2 Å². The highest BCUT2D eigenvalue weighted by Gasteiger charge is 2.44. The number of alkyl halides is 1. The molecule has 2 fully saturated rings. The van der Waals surface area contributed by atoms with Gasteiger partial charge in [-0.05, 0) is 6.42 Å². The third-order valence-corrected chi connectivity index (χ3v) is 2.65. The number of nitrogens with one attached hydrogen (secondary N) is 1. The van der Waals surface area contributed by atoms with Gasteiger partial charge in [-0.1, -0.05) is 15.9 Å². The molecule has 1 unspecified atom stereocenters. The Bertz CT molecular complexity index is 129. The first-order chi connectivity index (χ1) is 4.31. The van der Waals surface area contributed by atoms with E-state index in [1.165, 1.54) is 6.42 Å². The lowest BCUT2D eigenvalue weighted by Gasteiger charge is -2.37. The van der Waals surface area contributed by atoms with Gasteiger partial charge in [0.15, 0.2) is 0 Å². The predicted octanol–water partition coefficient (Wildman–Crippen LogP) is 0.934. The van der Waals surface area contributed by atoms with Crippen molar-refractivity contribution in [1.82, 2.24) is 5.32 Å². The van der Waals surface area contributed by atoms with Crippen LogP contribution in [0.25, 0.3) is 0 Å². The average molecular weight is 229 g/mol. The summed E-state index contributed by atoms with van der Waals surface area (Å²) in [5, 5.41) is 3.22. The molecule has 60 valence electrons. The van der Waals surface area contributed by atoms with Crippen LogP contribution in [0.2, 0.25) is 0 Å². The van der Waals surface area contributed by atoms with Gasteiger partial charge in [0, 0.05) is 17.9 Å². The molecule has 2 heterocycles. The van der Waals surface area contributed by atoms with Crippen molar-refractivity contribution in [2.45, 2.75) is 16.8 Å². The fourth-order valence-electron chi connectivity index (χ4n) is 1.44. The van der Waals surface area contributed by atoms with E-state index in [1.54, 1.807) is 0 Å². The van der Waals surface area contributed by atoms with Crippen LogP contribution in [-0.4, -0.2) is 30.1 Å². The Morgan fingerprint density at radius 2 is 2.20 bits per heavy atom. The fraction of sp³-hybridized carbons (Fsp3) is 1.00. The summed E-state index contributed by atoms with van der Waals surface area (Å²) in [6.45, 7) is 2.99. The van der Waals surface area contributed by atoms with Gasteiger partial charge >= 0.3 is 0 Å². The summed E-state index contributed by atoms with van der Waals surface area (Å²) >= 11 is 3.54. The number of hydrogen-bond donors (Lipinski definition) is 1. The second-order valence-corrected chi connectivity index (χ2v) is 4.19. The fourth-order valence-corrected chi connectivity index (χ4v) is 2.16. The molecule has 1 spiro atoms. The van der Waals surface area contributed by atoms with Crippen molar-refractivity contribution >= 4 is 28.3 Å². The van der Waals surface area contributed by atoms with Crippen LogP contribution >= 0.6 is 28.3 Å². The third-order valence-electron chi connectivity index (χ3n) is 2.06. The molecule has 0 radical (unpaired) electrons. The van der Waals surface area contributed by atoms with E-state index in [0.29, 0.717) is 4.83 Å². The SMILES string of the molecule is BrC1COC2(CNC2)C1.Cl. The first kappa shape index (κ1) is 8.78. The van der Waals surface area contributed by atoms with E-state index in [4.69, 9.17) is 4.74 Å². The molecule has 0 aromatic carbocycles. The molecule has 0 saturated carbocycles. The van der Waals surface area contributed by atoms with E-state index in [2.05, 4.69) is 21.2 Å². The normalized spacial score (nSPS) is 35.1. The lowest BCUT2D eigenvalue weighted by molar-refractivity contribution is -0.0357. The standard InChI is InChI=1S/C6H10BrNO.ClH/c7-5-1-6(9-2-5)3-8-4-6;/h5,8H,1-4H2;1H. The lowest BCUT2D eigenvalue weighted by atomic mass is 9.94. The van der Waals surface area contributed by atoms with Crippen molar-refractivity contribution < 1.29 is 4.74 Å². The van der Waals surface area contributed by atoms with E-state index in [1.807, 2.05) is 0 Å². The summed E-state index contributed by atoms with van der Waals surface area (Å²) < 4.78 is 5.58. The number of halogens is 2. The van der Waals surface area contributed by atoms with E-state index in [0.717, 1.165) is 19.7 Å². The molecule has 2 aliphatic rings. The van der Waals surface area contributed by atoms with Crippen molar-refractivity contribution in [3.8, 4) is 0 Å². The Balaban J connectivity index is 0.000000500. The average Bonchev–Trinajstić information content (AvgIpc) is 2.09. The summed E-state index contributed by atoms with van der Waals surface area (Å²) in [5.41, 5.74) is 0.230. The van der Waals surface area contributed by atoms with Gasteiger partial charge in [0.2, 0.25) is 0 Å². The molecule has 2 aliphatic heterocycles. The molecule has 0 aliphatic carbocycles. The summed E-state index contributed by atoms with van der Waals surface area (Å²) in [5.74, 6) is 0. The number of ether oxygens (including phenoxy) is 1. The Labute approximate surface area is 75.2 Å². The highest BCUT2D eigenvalue weighted by molar-refractivity contribution is 9.09. The molecule has 0 aromatic rings. The molecule has 0 bridgehead atoms. The second kappa shape index (κ2) is 2.97. The minimum Gasteiger partial charge on any atom is -0.371 e. The monoisotopic (exact) mass is 227 g/mol. The van der Waals surface area contributed by atoms with E-state index < -0.39 is 0 Å². The van der Waals surface area contributed by atoms with Crippen LogP contribution in [0.1, 0.15) is 6.42 Å². The molecule has 2 saturated heterocycles. The van der Waals surface area contributed by atoms with Gasteiger partial charge < -0.3 is 10.1 Å². The summed E-state index contributed by atoms with van der Waals surface area (Å²) in [4.78, 5) is 0.597. The Morgan fingerprint density at radius 1 is 1.50 bits per heavy atom. The van der Waals surface area contributed by atoms with Crippen LogP contribution in [0.15, 0.2) is 0 Å². The number of hydrogen-bond acceptors (Lipinski definition) is 2. The highest BCUT2D eigenvalue weighted by atomic mass is 79.9. The Kier molecular flexibility index (Phi) is 2.61. The van der Waals surface area contributed by atoms with Crippen LogP contribution in [0.5, 0.6) is 0 Å². The van der Waals surface area contributed by atoms with Gasteiger partial charge in [-0.2, -0.15) is 0 Å². The van der Waals surface area contributed by atoms with Crippen molar-refractivity contribution in [2.24, 2.45) is 0 Å². The van der Waals surface area contributed by atoms with Crippen molar-refractivity contribution in [3.63, 3.8) is 0 Å². The maximum absolute atomic E-state index is 5.58. The Morgan fingerprint density at radius 3 is 2.40 bits per heavy atom. The molecule has 4 heteroatoms. The first-order valence-corrected chi connectivity index (χ1v) is 4.21. The van der Waals surface area contributed by atoms with Gasteiger partial charge in [-0.15, -0.1) is 12.4 Å². The zero-order valence-corrected chi connectivity index (χ0v) is 8.00. The Hall–Kier alpha value is 0.690. The molecule has 1 N–H and O–H groups in total. The van der Waals surface area contributed by atoms with Crippen molar-refractivity contribution in [1.29, 1.82) is 0 Å². The van der Waals surface area contributed by atoms with Crippen LogP contribution in [0.3, 0.4) is 0 Å². The first-order valence-electron chi connectivity index (χ1n) is 3.30. The minimum absolute atomic E-state index is 0. The molecule has 2 rings (SSSR count). The lowest BCUT2D eigenvalue weighted by Crippen LogP contribution is -2.59. The zero-order chi connectivity index (χ0) is 6.32. The largest absolute Gasteiger partial charge is 0.371 e. The summed E-state index contributed by atoms with van der Waals surface area (Å²) in [7, 11) is 0. The maximum Gasteiger partial charge on any atom is 0.0941 e. The summed E-state index contributed by atoms with van der Waals surface area (Å²) in [6.07, 6.45) is 1.18. The molecule has 1 atom stereocenters. The van der Waals surface area contributed by atoms with Crippen LogP contribution in [-0.2, 0) is 4.74 Å². The van der Waals surface area contributed by atoms with Crippen molar-refractivity contribution in [3.05, 3.63) is 0 Å².